The minimum Gasteiger partial charge on any atom is -0.465 e. The predicted molar refractivity (Wildman–Crippen MR) is 54.4 cm³/mol. The van der Waals surface area contributed by atoms with Crippen LogP contribution < -0.4 is 5.32 Å². The second kappa shape index (κ2) is 3.50. The summed E-state index contributed by atoms with van der Waals surface area (Å²) in [7, 11) is 0. The lowest BCUT2D eigenvalue weighted by Gasteiger charge is -1.95. The first-order valence-corrected chi connectivity index (χ1v) is 4.20. The largest absolute Gasteiger partial charge is 0.465 e. The number of aromatic nitrogens is 2. The second-order valence-corrected chi connectivity index (χ2v) is 2.99. The Labute approximate surface area is 88.0 Å². The van der Waals surface area contributed by atoms with Gasteiger partial charge in [-0.3, -0.25) is 20.5 Å². The number of hydrogen-bond acceptors (Lipinski definition) is 4. The topological polar surface area (TPSA) is 121 Å². The standard InChI is InChI=1S/C8H6N4O4/c13-8(14)9-7-5-3-4(12(15)16)1-2-6(5)10-11-7/h1-3H,(H,13,14)(H2,9,10,11). The van der Waals surface area contributed by atoms with Gasteiger partial charge in [-0.2, -0.15) is 5.10 Å². The van der Waals surface area contributed by atoms with E-state index >= 15 is 0 Å². The van der Waals surface area contributed by atoms with Crippen molar-refractivity contribution in [3.8, 4) is 0 Å². The van der Waals surface area contributed by atoms with Gasteiger partial charge in [0.1, 0.15) is 0 Å². The summed E-state index contributed by atoms with van der Waals surface area (Å²) in [6, 6.07) is 4.03. The van der Waals surface area contributed by atoms with Gasteiger partial charge in [0.15, 0.2) is 5.82 Å². The number of anilines is 1. The second-order valence-electron chi connectivity index (χ2n) is 2.99. The van der Waals surface area contributed by atoms with Crippen molar-refractivity contribution in [1.29, 1.82) is 0 Å². The number of nitro groups is 1. The monoisotopic (exact) mass is 222 g/mol. The first-order chi connectivity index (χ1) is 7.58. The molecule has 0 saturated heterocycles. The van der Waals surface area contributed by atoms with Gasteiger partial charge >= 0.3 is 6.09 Å². The summed E-state index contributed by atoms with van der Waals surface area (Å²) in [4.78, 5) is 20.4. The molecule has 0 aliphatic rings. The van der Waals surface area contributed by atoms with Crippen LogP contribution in [0.1, 0.15) is 0 Å². The van der Waals surface area contributed by atoms with Crippen molar-refractivity contribution in [2.75, 3.05) is 5.32 Å². The molecule has 0 spiro atoms. The Hall–Kier alpha value is -2.64. The average molecular weight is 222 g/mol. The van der Waals surface area contributed by atoms with Crippen LogP contribution in [0.3, 0.4) is 0 Å². The molecule has 82 valence electrons. The van der Waals surface area contributed by atoms with E-state index in [0.29, 0.717) is 10.9 Å². The molecule has 0 saturated carbocycles. The van der Waals surface area contributed by atoms with Crippen LogP contribution in [0.25, 0.3) is 10.9 Å². The van der Waals surface area contributed by atoms with Crippen molar-refractivity contribution in [3.05, 3.63) is 28.3 Å². The Morgan fingerprint density at radius 3 is 2.94 bits per heavy atom. The Bertz CT molecular complexity index is 576. The number of non-ortho nitro benzene ring substituents is 1. The quantitative estimate of drug-likeness (QED) is 0.525. The number of carboxylic acid groups (broad SMARTS) is 1. The number of nitro benzene ring substituents is 1. The van der Waals surface area contributed by atoms with E-state index in [0.717, 1.165) is 0 Å². The van der Waals surface area contributed by atoms with Gasteiger partial charge in [0.05, 0.1) is 15.8 Å². The number of H-pyrrole nitrogens is 1. The van der Waals surface area contributed by atoms with Crippen LogP contribution in [-0.4, -0.2) is 26.3 Å². The van der Waals surface area contributed by atoms with Crippen LogP contribution in [0.15, 0.2) is 18.2 Å². The SMILES string of the molecule is O=C(O)Nc1n[nH]c2ccc([N+](=O)[O-])cc12. The number of rotatable bonds is 2. The number of hydrogen-bond donors (Lipinski definition) is 3. The Balaban J connectivity index is 2.55. The number of fused-ring (bicyclic) bond motifs is 1. The molecule has 2 aromatic rings. The summed E-state index contributed by atoms with van der Waals surface area (Å²) in [5, 5.41) is 27.7. The third-order valence-electron chi connectivity index (χ3n) is 1.98. The van der Waals surface area contributed by atoms with Crippen LogP contribution in [0.5, 0.6) is 0 Å². The molecular formula is C8H6N4O4. The third kappa shape index (κ3) is 1.63. The van der Waals surface area contributed by atoms with Gasteiger partial charge in [-0.1, -0.05) is 0 Å². The third-order valence-corrected chi connectivity index (χ3v) is 1.98. The zero-order valence-electron chi connectivity index (χ0n) is 7.80. The fraction of sp³-hybridized carbons (Fsp3) is 0. The molecule has 0 atom stereocenters. The van der Waals surface area contributed by atoms with Crippen LogP contribution >= 0.6 is 0 Å². The molecule has 1 amide bonds. The molecule has 0 aliphatic carbocycles. The smallest absolute Gasteiger partial charge is 0.410 e. The molecule has 0 fully saturated rings. The van der Waals surface area contributed by atoms with Gasteiger partial charge in [-0.15, -0.1) is 0 Å². The summed E-state index contributed by atoms with van der Waals surface area (Å²) in [6.45, 7) is 0. The molecule has 8 nitrogen and oxygen atoms in total. The van der Waals surface area contributed by atoms with Gasteiger partial charge in [0, 0.05) is 12.1 Å². The number of nitrogens with zero attached hydrogens (tertiary/aromatic N) is 2. The summed E-state index contributed by atoms with van der Waals surface area (Å²) < 4.78 is 0. The fourth-order valence-electron chi connectivity index (χ4n) is 1.31. The van der Waals surface area contributed by atoms with Crippen molar-refractivity contribution in [2.45, 2.75) is 0 Å². The molecule has 1 aromatic carbocycles. The van der Waals surface area contributed by atoms with E-state index in [4.69, 9.17) is 5.11 Å². The fourth-order valence-corrected chi connectivity index (χ4v) is 1.31. The average Bonchev–Trinajstić information content (AvgIpc) is 2.60. The maximum Gasteiger partial charge on any atom is 0.410 e. The van der Waals surface area contributed by atoms with Gasteiger partial charge in [-0.25, -0.2) is 4.79 Å². The molecular weight excluding hydrogens is 216 g/mol. The van der Waals surface area contributed by atoms with Gasteiger partial charge in [0.2, 0.25) is 0 Å². The van der Waals surface area contributed by atoms with E-state index < -0.39 is 11.0 Å². The lowest BCUT2D eigenvalue weighted by molar-refractivity contribution is -0.384. The molecule has 8 heteroatoms. The zero-order valence-corrected chi connectivity index (χ0v) is 7.80. The van der Waals surface area contributed by atoms with Crippen molar-refractivity contribution in [2.24, 2.45) is 0 Å². The highest BCUT2D eigenvalue weighted by atomic mass is 16.6. The van der Waals surface area contributed by atoms with E-state index in [1.165, 1.54) is 18.2 Å². The van der Waals surface area contributed by atoms with E-state index in [9.17, 15) is 14.9 Å². The number of carbonyl (C=O) groups is 1. The van der Waals surface area contributed by atoms with Crippen LogP contribution in [0.2, 0.25) is 0 Å². The van der Waals surface area contributed by atoms with Gasteiger partial charge < -0.3 is 5.11 Å². The Kier molecular flexibility index (Phi) is 2.16. The summed E-state index contributed by atoms with van der Waals surface area (Å²) in [5.74, 6) is 0.0474. The van der Waals surface area contributed by atoms with E-state index in [-0.39, 0.29) is 11.5 Å². The van der Waals surface area contributed by atoms with E-state index in [2.05, 4.69) is 10.2 Å². The van der Waals surface area contributed by atoms with Crippen LogP contribution in [0, 0.1) is 10.1 Å². The van der Waals surface area contributed by atoms with Crippen molar-refractivity contribution < 1.29 is 14.8 Å². The number of aromatic amines is 1. The zero-order chi connectivity index (χ0) is 11.7. The molecule has 0 bridgehead atoms. The highest BCUT2D eigenvalue weighted by molar-refractivity contribution is 5.97. The lowest BCUT2D eigenvalue weighted by Crippen LogP contribution is -2.07. The van der Waals surface area contributed by atoms with Crippen molar-refractivity contribution in [1.82, 2.24) is 10.2 Å². The molecule has 0 aliphatic heterocycles. The first-order valence-electron chi connectivity index (χ1n) is 4.20. The summed E-state index contributed by atoms with van der Waals surface area (Å²) >= 11 is 0. The van der Waals surface area contributed by atoms with Crippen molar-refractivity contribution >= 4 is 28.5 Å². The molecule has 2 rings (SSSR count). The molecule has 0 radical (unpaired) electrons. The maximum absolute atomic E-state index is 10.5. The number of amides is 1. The maximum atomic E-state index is 10.5. The van der Waals surface area contributed by atoms with Gasteiger partial charge in [-0.05, 0) is 6.07 Å². The van der Waals surface area contributed by atoms with E-state index in [1.54, 1.807) is 0 Å². The lowest BCUT2D eigenvalue weighted by atomic mass is 10.2. The summed E-state index contributed by atoms with van der Waals surface area (Å²) in [5.41, 5.74) is 0.400. The minimum atomic E-state index is -1.28. The number of benzene rings is 1. The molecule has 1 aromatic heterocycles. The molecule has 0 unspecified atom stereocenters. The molecule has 16 heavy (non-hydrogen) atoms. The number of nitrogens with one attached hydrogen (secondary N) is 2. The van der Waals surface area contributed by atoms with Gasteiger partial charge in [0.25, 0.3) is 5.69 Å². The van der Waals surface area contributed by atoms with Crippen LogP contribution in [-0.2, 0) is 0 Å². The Morgan fingerprint density at radius 1 is 1.56 bits per heavy atom. The highest BCUT2D eigenvalue weighted by Gasteiger charge is 2.12. The van der Waals surface area contributed by atoms with Crippen molar-refractivity contribution in [3.63, 3.8) is 0 Å². The van der Waals surface area contributed by atoms with E-state index in [1.807, 2.05) is 5.32 Å². The summed E-state index contributed by atoms with van der Waals surface area (Å²) in [6.07, 6.45) is -1.28. The Morgan fingerprint density at radius 2 is 2.31 bits per heavy atom. The normalized spacial score (nSPS) is 10.2. The highest BCUT2D eigenvalue weighted by Crippen LogP contribution is 2.24. The minimum absolute atomic E-state index is 0.0474. The first kappa shape index (κ1) is 9.90. The predicted octanol–water partition coefficient (Wildman–Crippen LogP) is 1.56. The van der Waals surface area contributed by atoms with Crippen LogP contribution in [0.4, 0.5) is 16.3 Å². The molecule has 1 heterocycles. The molecule has 3 N–H and O–H groups in total.